The van der Waals surface area contributed by atoms with Crippen molar-refractivity contribution in [1.82, 2.24) is 24.6 Å². The number of carbonyl (C=O) groups excluding carboxylic acids is 2. The quantitative estimate of drug-likeness (QED) is 0.668. The number of piperazine rings is 1. The Labute approximate surface area is 203 Å². The molecule has 2 saturated heterocycles. The SMILES string of the molecule is CCCCN(CC(=O)N1CCN(C2CCN(C)CC2)CC1)C(=O)c1ccc2cc[nH]c2c1.Cl. The number of halogens is 1. The number of piperidine rings is 1. The number of hydrogen-bond acceptors (Lipinski definition) is 4. The highest BCUT2D eigenvalue weighted by Gasteiger charge is 2.29. The second kappa shape index (κ2) is 11.9. The van der Waals surface area contributed by atoms with Crippen LogP contribution in [0.1, 0.15) is 43.0 Å². The molecule has 0 aliphatic carbocycles. The van der Waals surface area contributed by atoms with E-state index >= 15 is 0 Å². The van der Waals surface area contributed by atoms with E-state index in [2.05, 4.69) is 28.8 Å². The number of fused-ring (bicyclic) bond motifs is 1. The number of amides is 2. The molecule has 3 heterocycles. The van der Waals surface area contributed by atoms with Gasteiger partial charge in [0, 0.05) is 56.0 Å². The van der Waals surface area contributed by atoms with Crippen LogP contribution in [0, 0.1) is 0 Å². The van der Waals surface area contributed by atoms with Gasteiger partial charge in [0.1, 0.15) is 6.54 Å². The summed E-state index contributed by atoms with van der Waals surface area (Å²) in [6.07, 6.45) is 6.20. The number of H-pyrrole nitrogens is 1. The van der Waals surface area contributed by atoms with Gasteiger partial charge in [-0.15, -0.1) is 12.4 Å². The zero-order valence-electron chi connectivity index (χ0n) is 20.0. The molecule has 0 unspecified atom stereocenters. The zero-order chi connectivity index (χ0) is 22.5. The summed E-state index contributed by atoms with van der Waals surface area (Å²) in [6.45, 7) is 8.59. The number of nitrogens with zero attached hydrogens (tertiary/aromatic N) is 4. The van der Waals surface area contributed by atoms with Crippen LogP contribution < -0.4 is 0 Å². The Kier molecular flexibility index (Phi) is 9.18. The second-order valence-electron chi connectivity index (χ2n) is 9.31. The minimum Gasteiger partial charge on any atom is -0.361 e. The summed E-state index contributed by atoms with van der Waals surface area (Å²) in [5.41, 5.74) is 1.58. The summed E-state index contributed by atoms with van der Waals surface area (Å²) in [4.78, 5) is 38.2. The van der Waals surface area contributed by atoms with Crippen molar-refractivity contribution in [2.24, 2.45) is 0 Å². The molecule has 0 atom stereocenters. The average molecular weight is 476 g/mol. The molecule has 1 N–H and O–H groups in total. The van der Waals surface area contributed by atoms with Crippen LogP contribution in [0.2, 0.25) is 0 Å². The first-order valence-electron chi connectivity index (χ1n) is 12.1. The zero-order valence-corrected chi connectivity index (χ0v) is 20.8. The maximum absolute atomic E-state index is 13.2. The van der Waals surface area contributed by atoms with Gasteiger partial charge in [-0.05, 0) is 63.0 Å². The second-order valence-corrected chi connectivity index (χ2v) is 9.31. The van der Waals surface area contributed by atoms with Crippen LogP contribution in [0.3, 0.4) is 0 Å². The summed E-state index contributed by atoms with van der Waals surface area (Å²) in [6, 6.07) is 8.35. The Bertz CT molecular complexity index is 916. The highest BCUT2D eigenvalue weighted by molar-refractivity contribution is 5.99. The van der Waals surface area contributed by atoms with Gasteiger partial charge in [0.05, 0.1) is 0 Å². The van der Waals surface area contributed by atoms with Crippen LogP contribution in [0.4, 0.5) is 0 Å². The Hall–Kier alpha value is -2.09. The lowest BCUT2D eigenvalue weighted by Gasteiger charge is -2.42. The topological polar surface area (TPSA) is 62.9 Å². The Balaban J connectivity index is 0.00000306. The van der Waals surface area contributed by atoms with E-state index in [0.717, 1.165) is 63.0 Å². The molecule has 0 saturated carbocycles. The summed E-state index contributed by atoms with van der Waals surface area (Å²) >= 11 is 0. The van der Waals surface area contributed by atoms with Crippen molar-refractivity contribution in [3.05, 3.63) is 36.0 Å². The molecule has 2 aliphatic rings. The van der Waals surface area contributed by atoms with Crippen LogP contribution in [0.15, 0.2) is 30.5 Å². The number of aromatic amines is 1. The molecule has 0 radical (unpaired) electrons. The number of rotatable bonds is 7. The van der Waals surface area contributed by atoms with E-state index in [-0.39, 0.29) is 30.8 Å². The third-order valence-electron chi connectivity index (χ3n) is 7.07. The lowest BCUT2D eigenvalue weighted by atomic mass is 10.0. The fourth-order valence-electron chi connectivity index (χ4n) is 4.92. The Morgan fingerprint density at radius 2 is 1.79 bits per heavy atom. The first kappa shape index (κ1) is 25.5. The van der Waals surface area contributed by atoms with E-state index in [0.29, 0.717) is 18.2 Å². The first-order valence-corrected chi connectivity index (χ1v) is 12.1. The number of carbonyl (C=O) groups is 2. The van der Waals surface area contributed by atoms with E-state index in [1.807, 2.05) is 35.4 Å². The van der Waals surface area contributed by atoms with Crippen molar-refractivity contribution < 1.29 is 9.59 Å². The lowest BCUT2D eigenvalue weighted by molar-refractivity contribution is -0.134. The molecule has 8 heteroatoms. The third kappa shape index (κ3) is 6.28. The summed E-state index contributed by atoms with van der Waals surface area (Å²) in [5, 5.41) is 1.08. The first-order chi connectivity index (χ1) is 15.5. The van der Waals surface area contributed by atoms with Crippen molar-refractivity contribution in [3.8, 4) is 0 Å². The molecule has 0 bridgehead atoms. The summed E-state index contributed by atoms with van der Waals surface area (Å²) in [7, 11) is 2.19. The minimum absolute atomic E-state index is 0. The number of hydrogen-bond donors (Lipinski definition) is 1. The van der Waals surface area contributed by atoms with Gasteiger partial charge < -0.3 is 19.7 Å². The van der Waals surface area contributed by atoms with Gasteiger partial charge in [0.15, 0.2) is 0 Å². The molecule has 7 nitrogen and oxygen atoms in total. The average Bonchev–Trinajstić information content (AvgIpc) is 3.30. The maximum atomic E-state index is 13.2. The van der Waals surface area contributed by atoms with Gasteiger partial charge in [0.25, 0.3) is 5.91 Å². The molecule has 33 heavy (non-hydrogen) atoms. The maximum Gasteiger partial charge on any atom is 0.254 e. The summed E-state index contributed by atoms with van der Waals surface area (Å²) < 4.78 is 0. The van der Waals surface area contributed by atoms with Gasteiger partial charge in [-0.25, -0.2) is 0 Å². The molecule has 182 valence electrons. The summed E-state index contributed by atoms with van der Waals surface area (Å²) in [5.74, 6) is 0.00620. The lowest BCUT2D eigenvalue weighted by Crippen LogP contribution is -2.55. The van der Waals surface area contributed by atoms with Gasteiger partial charge in [-0.2, -0.15) is 0 Å². The van der Waals surface area contributed by atoms with E-state index < -0.39 is 0 Å². The molecular formula is C25H38ClN5O2. The van der Waals surface area contributed by atoms with Crippen LogP contribution in [0.5, 0.6) is 0 Å². The number of unbranched alkanes of at least 4 members (excludes halogenated alkanes) is 1. The molecule has 4 rings (SSSR count). The molecule has 1 aromatic carbocycles. The van der Waals surface area contributed by atoms with Crippen molar-refractivity contribution in [2.75, 3.05) is 59.4 Å². The number of benzene rings is 1. The molecule has 2 aliphatic heterocycles. The van der Waals surface area contributed by atoms with Crippen LogP contribution in [0.25, 0.3) is 10.9 Å². The fourth-order valence-corrected chi connectivity index (χ4v) is 4.92. The van der Waals surface area contributed by atoms with Crippen molar-refractivity contribution >= 4 is 35.1 Å². The molecule has 2 amide bonds. The molecule has 1 aromatic heterocycles. The van der Waals surface area contributed by atoms with E-state index in [9.17, 15) is 9.59 Å². The largest absolute Gasteiger partial charge is 0.361 e. The van der Waals surface area contributed by atoms with E-state index in [1.165, 1.54) is 12.8 Å². The highest BCUT2D eigenvalue weighted by atomic mass is 35.5. The predicted molar refractivity (Wildman–Crippen MR) is 135 cm³/mol. The minimum atomic E-state index is -0.0618. The highest BCUT2D eigenvalue weighted by Crippen LogP contribution is 2.19. The molecule has 2 aromatic rings. The normalized spacial score (nSPS) is 18.3. The predicted octanol–water partition coefficient (Wildman–Crippen LogP) is 3.07. The van der Waals surface area contributed by atoms with Crippen molar-refractivity contribution in [3.63, 3.8) is 0 Å². The fraction of sp³-hybridized carbons (Fsp3) is 0.600. The Morgan fingerprint density at radius 3 is 2.48 bits per heavy atom. The molecular weight excluding hydrogens is 438 g/mol. The van der Waals surface area contributed by atoms with Crippen LogP contribution in [-0.4, -0.2) is 102 Å². The third-order valence-corrected chi connectivity index (χ3v) is 7.07. The smallest absolute Gasteiger partial charge is 0.254 e. The van der Waals surface area contributed by atoms with Crippen molar-refractivity contribution in [2.45, 2.75) is 38.6 Å². The van der Waals surface area contributed by atoms with E-state index in [4.69, 9.17) is 0 Å². The standard InChI is InChI=1S/C25H37N5O2.ClH/c1-3-4-11-30(25(32)21-6-5-20-7-10-26-23(20)18-21)19-24(31)29-16-14-28(15-17-29)22-8-12-27(2)13-9-22;/h5-7,10,18,22,26H,3-4,8-9,11-17,19H2,1-2H3;1H. The van der Waals surface area contributed by atoms with Crippen LogP contribution >= 0.6 is 12.4 Å². The van der Waals surface area contributed by atoms with Gasteiger partial charge in [-0.1, -0.05) is 19.4 Å². The van der Waals surface area contributed by atoms with Crippen LogP contribution in [-0.2, 0) is 4.79 Å². The van der Waals surface area contributed by atoms with Gasteiger partial charge >= 0.3 is 0 Å². The number of nitrogens with one attached hydrogen (secondary N) is 1. The van der Waals surface area contributed by atoms with Gasteiger partial charge in [-0.3, -0.25) is 14.5 Å². The van der Waals surface area contributed by atoms with E-state index in [1.54, 1.807) is 4.90 Å². The Morgan fingerprint density at radius 1 is 1.06 bits per heavy atom. The molecule has 0 spiro atoms. The van der Waals surface area contributed by atoms with Gasteiger partial charge in [0.2, 0.25) is 5.91 Å². The molecule has 2 fully saturated rings. The number of aromatic nitrogens is 1. The number of likely N-dealkylation sites (tertiary alicyclic amines) is 1. The van der Waals surface area contributed by atoms with Crippen molar-refractivity contribution in [1.29, 1.82) is 0 Å². The monoisotopic (exact) mass is 475 g/mol.